The summed E-state index contributed by atoms with van der Waals surface area (Å²) in [5.41, 5.74) is 2.42. The van der Waals surface area contributed by atoms with Crippen LogP contribution < -0.4 is 9.47 Å². The van der Waals surface area contributed by atoms with Crippen LogP contribution in [-0.4, -0.2) is 86.5 Å². The Labute approximate surface area is 210 Å². The summed E-state index contributed by atoms with van der Waals surface area (Å²) in [5.74, 6) is 2.88. The van der Waals surface area contributed by atoms with Gasteiger partial charge in [0.1, 0.15) is 11.5 Å². The van der Waals surface area contributed by atoms with E-state index in [-0.39, 0.29) is 11.8 Å². The Hall–Kier alpha value is -2.54. The van der Waals surface area contributed by atoms with Gasteiger partial charge in [-0.05, 0) is 42.2 Å². The molecule has 1 aliphatic heterocycles. The summed E-state index contributed by atoms with van der Waals surface area (Å²) in [5, 5.41) is 0. The molecule has 2 unspecified atom stereocenters. The molecule has 7 nitrogen and oxygen atoms in total. The Morgan fingerprint density at radius 2 is 1.71 bits per heavy atom. The third kappa shape index (κ3) is 5.35. The highest BCUT2D eigenvalue weighted by molar-refractivity contribution is 5.95. The molecular formula is C28H41N3O4. The molecule has 2 atom stereocenters. The van der Waals surface area contributed by atoms with Gasteiger partial charge < -0.3 is 19.3 Å². The van der Waals surface area contributed by atoms with Crippen LogP contribution in [0.1, 0.15) is 50.4 Å². The predicted molar refractivity (Wildman–Crippen MR) is 137 cm³/mol. The van der Waals surface area contributed by atoms with Gasteiger partial charge >= 0.3 is 0 Å². The smallest absolute Gasteiger partial charge is 0.254 e. The maximum Gasteiger partial charge on any atom is 0.254 e. The number of carbonyl (C=O) groups is 2. The molecule has 35 heavy (non-hydrogen) atoms. The first kappa shape index (κ1) is 25.5. The summed E-state index contributed by atoms with van der Waals surface area (Å²) in [4.78, 5) is 32.1. The molecule has 3 aliphatic carbocycles. The van der Waals surface area contributed by atoms with E-state index in [1.165, 1.54) is 12.0 Å². The highest BCUT2D eigenvalue weighted by Crippen LogP contribution is 2.59. The zero-order chi connectivity index (χ0) is 25.2. The lowest BCUT2D eigenvalue weighted by atomic mass is 9.49. The Kier molecular flexibility index (Phi) is 7.74. The fourth-order valence-corrected chi connectivity index (χ4v) is 5.94. The summed E-state index contributed by atoms with van der Waals surface area (Å²) in [6, 6.07) is 5.29. The minimum absolute atomic E-state index is 0.00436. The number of benzene rings is 1. The number of methoxy groups -OCH3 is 2. The summed E-state index contributed by atoms with van der Waals surface area (Å²) >= 11 is 0. The Balaban J connectivity index is 1.30. The number of hydrogen-bond donors (Lipinski definition) is 0. The second-order valence-corrected chi connectivity index (χ2v) is 10.7. The second-order valence-electron chi connectivity index (χ2n) is 10.7. The summed E-state index contributed by atoms with van der Waals surface area (Å²) < 4.78 is 10.6. The quantitative estimate of drug-likeness (QED) is 0.502. The molecule has 0 spiro atoms. The van der Waals surface area contributed by atoms with E-state index < -0.39 is 0 Å². The van der Waals surface area contributed by atoms with Crippen molar-refractivity contribution in [2.24, 2.45) is 17.3 Å². The van der Waals surface area contributed by atoms with Gasteiger partial charge in [0.15, 0.2) is 0 Å². The lowest BCUT2D eigenvalue weighted by Crippen LogP contribution is -2.52. The van der Waals surface area contributed by atoms with Crippen LogP contribution in [0, 0.1) is 17.3 Å². The van der Waals surface area contributed by atoms with Gasteiger partial charge in [0.25, 0.3) is 5.91 Å². The van der Waals surface area contributed by atoms with Crippen LogP contribution in [0.5, 0.6) is 11.5 Å². The second kappa shape index (κ2) is 10.6. The molecule has 4 aliphatic rings. The fraction of sp³-hybridized carbons (Fsp3) is 0.643. The SMILES string of the molecule is CCC(=O)N(CCN1CCN(C(=O)c2cc(OC)cc(OC)c2)CC1)CC1=CCC2CC1C2(C)C. The maximum absolute atomic E-state index is 13.1. The van der Waals surface area contributed by atoms with Crippen LogP contribution in [0.3, 0.4) is 0 Å². The van der Waals surface area contributed by atoms with Crippen molar-refractivity contribution in [1.82, 2.24) is 14.7 Å². The predicted octanol–water partition coefficient (Wildman–Crippen LogP) is 3.69. The summed E-state index contributed by atoms with van der Waals surface area (Å²) in [6.45, 7) is 12.0. The molecule has 1 saturated carbocycles. The van der Waals surface area contributed by atoms with Gasteiger partial charge in [0, 0.05) is 63.9 Å². The van der Waals surface area contributed by atoms with Gasteiger partial charge in [-0.3, -0.25) is 14.5 Å². The average molecular weight is 484 g/mol. The van der Waals surface area contributed by atoms with Crippen molar-refractivity contribution < 1.29 is 19.1 Å². The van der Waals surface area contributed by atoms with Gasteiger partial charge in [0.2, 0.25) is 5.91 Å². The molecule has 2 fully saturated rings. The molecule has 2 amide bonds. The van der Waals surface area contributed by atoms with Crippen molar-refractivity contribution in [3.05, 3.63) is 35.4 Å². The van der Waals surface area contributed by atoms with Crippen LogP contribution in [0.4, 0.5) is 0 Å². The Bertz CT molecular complexity index is 943. The summed E-state index contributed by atoms with van der Waals surface area (Å²) in [6.07, 6.45) is 5.37. The number of fused-ring (bicyclic) bond motifs is 1. The van der Waals surface area contributed by atoms with Crippen molar-refractivity contribution in [3.63, 3.8) is 0 Å². The number of ether oxygens (including phenoxy) is 2. The van der Waals surface area contributed by atoms with Crippen molar-refractivity contribution in [2.45, 2.75) is 40.0 Å². The molecule has 0 N–H and O–H groups in total. The lowest BCUT2D eigenvalue weighted by Gasteiger charge is -2.57. The number of amides is 2. The number of hydrogen-bond acceptors (Lipinski definition) is 5. The van der Waals surface area contributed by atoms with E-state index >= 15 is 0 Å². The molecule has 5 rings (SSSR count). The topological polar surface area (TPSA) is 62.3 Å². The molecule has 7 heteroatoms. The monoisotopic (exact) mass is 483 g/mol. The van der Waals surface area contributed by atoms with E-state index in [2.05, 4.69) is 29.7 Å². The van der Waals surface area contributed by atoms with Crippen molar-refractivity contribution in [1.29, 1.82) is 0 Å². The van der Waals surface area contributed by atoms with Crippen LogP contribution >= 0.6 is 0 Å². The maximum atomic E-state index is 13.1. The minimum atomic E-state index is -0.00436. The molecular weight excluding hydrogens is 442 g/mol. The molecule has 0 radical (unpaired) electrons. The minimum Gasteiger partial charge on any atom is -0.497 e. The first-order chi connectivity index (χ1) is 16.8. The molecule has 1 aromatic carbocycles. The number of rotatable bonds is 9. The largest absolute Gasteiger partial charge is 0.497 e. The highest BCUT2D eigenvalue weighted by atomic mass is 16.5. The molecule has 192 valence electrons. The van der Waals surface area contributed by atoms with Gasteiger partial charge in [-0.15, -0.1) is 0 Å². The fourth-order valence-electron chi connectivity index (χ4n) is 5.94. The molecule has 2 bridgehead atoms. The van der Waals surface area contributed by atoms with Crippen LogP contribution in [0.15, 0.2) is 29.8 Å². The van der Waals surface area contributed by atoms with Crippen LogP contribution in [0.25, 0.3) is 0 Å². The van der Waals surface area contributed by atoms with E-state index in [4.69, 9.17) is 9.47 Å². The molecule has 0 aromatic heterocycles. The van der Waals surface area contributed by atoms with Crippen LogP contribution in [-0.2, 0) is 4.79 Å². The number of nitrogens with zero attached hydrogens (tertiary/aromatic N) is 3. The summed E-state index contributed by atoms with van der Waals surface area (Å²) in [7, 11) is 3.17. The number of allylic oxidation sites excluding steroid dienone is 1. The van der Waals surface area contributed by atoms with Crippen molar-refractivity contribution >= 4 is 11.8 Å². The Morgan fingerprint density at radius 3 is 2.26 bits per heavy atom. The van der Waals surface area contributed by atoms with E-state index in [0.29, 0.717) is 47.9 Å². The van der Waals surface area contributed by atoms with E-state index in [9.17, 15) is 9.59 Å². The van der Waals surface area contributed by atoms with Crippen LogP contribution in [0.2, 0.25) is 0 Å². The molecule has 1 saturated heterocycles. The van der Waals surface area contributed by atoms with E-state index in [0.717, 1.165) is 45.1 Å². The average Bonchev–Trinajstić information content (AvgIpc) is 2.89. The highest BCUT2D eigenvalue weighted by Gasteiger charge is 2.51. The van der Waals surface area contributed by atoms with Gasteiger partial charge in [-0.1, -0.05) is 32.4 Å². The number of carbonyl (C=O) groups excluding carboxylic acids is 2. The van der Waals surface area contributed by atoms with Crippen molar-refractivity contribution in [2.75, 3.05) is 60.0 Å². The van der Waals surface area contributed by atoms with Gasteiger partial charge in [-0.2, -0.15) is 0 Å². The standard InChI is InChI=1S/C28H41N3O4/c1-6-26(32)31(19-20-7-8-22-17-25(20)28(22,2)3)14-11-29-9-12-30(13-10-29)27(33)21-15-23(34-4)18-24(16-21)35-5/h7,15-16,18,22,25H,6,8-14,17,19H2,1-5H3. The zero-order valence-corrected chi connectivity index (χ0v) is 22.0. The third-order valence-corrected chi connectivity index (χ3v) is 8.56. The van der Waals surface area contributed by atoms with Gasteiger partial charge in [0.05, 0.1) is 14.2 Å². The van der Waals surface area contributed by atoms with Crippen molar-refractivity contribution in [3.8, 4) is 11.5 Å². The van der Waals surface area contributed by atoms with Gasteiger partial charge in [-0.25, -0.2) is 0 Å². The molecule has 1 aromatic rings. The number of piperazine rings is 1. The Morgan fingerprint density at radius 1 is 1.06 bits per heavy atom. The van der Waals surface area contributed by atoms with E-state index in [1.807, 2.05) is 11.8 Å². The third-order valence-electron chi connectivity index (χ3n) is 8.56. The lowest BCUT2D eigenvalue weighted by molar-refractivity contribution is -0.131. The first-order valence-corrected chi connectivity index (χ1v) is 13.0. The normalized spacial score (nSPS) is 23.2. The van der Waals surface area contributed by atoms with E-state index in [1.54, 1.807) is 32.4 Å². The first-order valence-electron chi connectivity index (χ1n) is 13.0. The zero-order valence-electron chi connectivity index (χ0n) is 22.0. The molecule has 1 heterocycles.